The molecule has 1 N–H and O–H groups in total. The summed E-state index contributed by atoms with van der Waals surface area (Å²) in [5.41, 5.74) is 3.64. The Kier molecular flexibility index (Phi) is 5.91. The maximum absolute atomic E-state index is 6.32. The first kappa shape index (κ1) is 15.8. The fourth-order valence-electron chi connectivity index (χ4n) is 2.19. The lowest BCUT2D eigenvalue weighted by molar-refractivity contribution is 0.600. The summed E-state index contributed by atoms with van der Waals surface area (Å²) in [5.74, 6) is 0. The van der Waals surface area contributed by atoms with Crippen molar-refractivity contribution in [1.29, 1.82) is 0 Å². The normalized spacial score (nSPS) is 12.6. The molecule has 1 aromatic heterocycles. The molecule has 1 unspecified atom stereocenters. The second kappa shape index (κ2) is 7.46. The van der Waals surface area contributed by atoms with Gasteiger partial charge in [-0.1, -0.05) is 61.3 Å². The minimum atomic E-state index is 0.108. The van der Waals surface area contributed by atoms with Gasteiger partial charge in [-0.15, -0.1) is 11.3 Å². The van der Waals surface area contributed by atoms with E-state index < -0.39 is 0 Å². The molecule has 0 bridgehead atoms. The SMILES string of the molecule is CCCNC(c1ccc(CC)cc1)c1cc(Cl)sc1Cl. The molecule has 1 atom stereocenters. The first-order chi connectivity index (χ1) is 9.65. The Labute approximate surface area is 134 Å². The number of rotatable bonds is 6. The largest absolute Gasteiger partial charge is 0.306 e. The third-order valence-corrected chi connectivity index (χ3v) is 4.83. The van der Waals surface area contributed by atoms with Crippen LogP contribution in [-0.2, 0) is 6.42 Å². The number of aryl methyl sites for hydroxylation is 1. The number of halogens is 2. The summed E-state index contributed by atoms with van der Waals surface area (Å²) in [5, 5.41) is 3.56. The van der Waals surface area contributed by atoms with Crippen molar-refractivity contribution in [2.75, 3.05) is 6.54 Å². The molecule has 0 aliphatic rings. The predicted molar refractivity (Wildman–Crippen MR) is 90.3 cm³/mol. The zero-order chi connectivity index (χ0) is 14.5. The maximum Gasteiger partial charge on any atom is 0.0995 e. The maximum atomic E-state index is 6.32. The highest BCUT2D eigenvalue weighted by molar-refractivity contribution is 7.20. The lowest BCUT2D eigenvalue weighted by Crippen LogP contribution is -2.23. The Hall–Kier alpha value is -0.540. The summed E-state index contributed by atoms with van der Waals surface area (Å²) >= 11 is 13.8. The summed E-state index contributed by atoms with van der Waals surface area (Å²) in [6.07, 6.45) is 2.14. The van der Waals surface area contributed by atoms with Gasteiger partial charge in [-0.05, 0) is 36.6 Å². The molecule has 108 valence electrons. The van der Waals surface area contributed by atoms with Crippen LogP contribution in [0.1, 0.15) is 43.0 Å². The molecule has 0 amide bonds. The average molecular weight is 328 g/mol. The van der Waals surface area contributed by atoms with Crippen molar-refractivity contribution in [3.05, 3.63) is 55.7 Å². The van der Waals surface area contributed by atoms with E-state index in [4.69, 9.17) is 23.2 Å². The molecule has 0 radical (unpaired) electrons. The van der Waals surface area contributed by atoms with E-state index in [1.807, 2.05) is 6.07 Å². The van der Waals surface area contributed by atoms with Gasteiger partial charge >= 0.3 is 0 Å². The van der Waals surface area contributed by atoms with Gasteiger partial charge in [0, 0.05) is 5.56 Å². The topological polar surface area (TPSA) is 12.0 Å². The molecule has 0 spiro atoms. The highest BCUT2D eigenvalue weighted by atomic mass is 35.5. The van der Waals surface area contributed by atoms with Crippen molar-refractivity contribution < 1.29 is 0 Å². The summed E-state index contributed by atoms with van der Waals surface area (Å²) in [7, 11) is 0. The van der Waals surface area contributed by atoms with Gasteiger partial charge < -0.3 is 5.32 Å². The van der Waals surface area contributed by atoms with Gasteiger partial charge in [0.25, 0.3) is 0 Å². The van der Waals surface area contributed by atoms with Gasteiger partial charge in [0.05, 0.1) is 14.7 Å². The zero-order valence-corrected chi connectivity index (χ0v) is 14.1. The fraction of sp³-hybridized carbons (Fsp3) is 0.375. The molecule has 0 aliphatic carbocycles. The van der Waals surface area contributed by atoms with E-state index >= 15 is 0 Å². The molecule has 1 heterocycles. The van der Waals surface area contributed by atoms with Crippen LogP contribution in [0, 0.1) is 0 Å². The van der Waals surface area contributed by atoms with Gasteiger partial charge in [0.15, 0.2) is 0 Å². The lowest BCUT2D eigenvalue weighted by atomic mass is 9.99. The highest BCUT2D eigenvalue weighted by Crippen LogP contribution is 2.37. The summed E-state index contributed by atoms with van der Waals surface area (Å²) in [6, 6.07) is 10.8. The van der Waals surface area contributed by atoms with Crippen LogP contribution < -0.4 is 5.32 Å². The number of hydrogen-bond acceptors (Lipinski definition) is 2. The third kappa shape index (κ3) is 3.76. The first-order valence-electron chi connectivity index (χ1n) is 6.92. The van der Waals surface area contributed by atoms with Crippen LogP contribution in [0.3, 0.4) is 0 Å². The quantitative estimate of drug-likeness (QED) is 0.716. The van der Waals surface area contributed by atoms with Crippen molar-refractivity contribution in [2.45, 2.75) is 32.7 Å². The van der Waals surface area contributed by atoms with E-state index in [-0.39, 0.29) is 6.04 Å². The molecule has 0 aliphatic heterocycles. The van der Waals surface area contributed by atoms with E-state index in [0.29, 0.717) is 0 Å². The second-order valence-corrected chi connectivity index (χ2v) is 7.05. The van der Waals surface area contributed by atoms with Crippen molar-refractivity contribution in [3.63, 3.8) is 0 Å². The molecule has 2 rings (SSSR count). The van der Waals surface area contributed by atoms with E-state index in [2.05, 4.69) is 43.4 Å². The minimum Gasteiger partial charge on any atom is -0.306 e. The zero-order valence-electron chi connectivity index (χ0n) is 11.7. The minimum absolute atomic E-state index is 0.108. The van der Waals surface area contributed by atoms with E-state index in [1.54, 1.807) is 0 Å². The molecule has 4 heteroatoms. The molecule has 0 fully saturated rings. The summed E-state index contributed by atoms with van der Waals surface area (Å²) in [4.78, 5) is 0. The van der Waals surface area contributed by atoms with Crippen LogP contribution in [0.2, 0.25) is 8.67 Å². The highest BCUT2D eigenvalue weighted by Gasteiger charge is 2.18. The first-order valence-corrected chi connectivity index (χ1v) is 8.49. The van der Waals surface area contributed by atoms with Crippen molar-refractivity contribution in [2.24, 2.45) is 0 Å². The Bertz CT molecular complexity index is 548. The molecular formula is C16H19Cl2NS. The molecule has 2 aromatic rings. The van der Waals surface area contributed by atoms with Crippen molar-refractivity contribution >= 4 is 34.5 Å². The van der Waals surface area contributed by atoms with Gasteiger partial charge in [0.2, 0.25) is 0 Å². The molecular weight excluding hydrogens is 309 g/mol. The van der Waals surface area contributed by atoms with Crippen molar-refractivity contribution in [1.82, 2.24) is 5.32 Å². The van der Waals surface area contributed by atoms with Crippen LogP contribution in [0.4, 0.5) is 0 Å². The van der Waals surface area contributed by atoms with Crippen LogP contribution in [0.25, 0.3) is 0 Å². The van der Waals surface area contributed by atoms with E-state index in [1.165, 1.54) is 22.5 Å². The number of nitrogens with one attached hydrogen (secondary N) is 1. The van der Waals surface area contributed by atoms with Crippen LogP contribution in [-0.4, -0.2) is 6.54 Å². The molecule has 20 heavy (non-hydrogen) atoms. The summed E-state index contributed by atoms with van der Waals surface area (Å²) < 4.78 is 1.50. The van der Waals surface area contributed by atoms with E-state index in [0.717, 1.165) is 33.6 Å². The smallest absolute Gasteiger partial charge is 0.0995 e. The summed E-state index contributed by atoms with van der Waals surface area (Å²) in [6.45, 7) is 5.27. The average Bonchev–Trinajstić information content (AvgIpc) is 2.79. The Morgan fingerprint density at radius 2 is 1.85 bits per heavy atom. The third-order valence-electron chi connectivity index (χ3n) is 3.31. The van der Waals surface area contributed by atoms with Gasteiger partial charge in [-0.2, -0.15) is 0 Å². The number of thiophene rings is 1. The van der Waals surface area contributed by atoms with Crippen molar-refractivity contribution in [3.8, 4) is 0 Å². The molecule has 1 aromatic carbocycles. The standard InChI is InChI=1S/C16H19Cl2NS/c1-3-9-19-15(13-10-14(17)20-16(13)18)12-7-5-11(4-2)6-8-12/h5-8,10,15,19H,3-4,9H2,1-2H3. The molecule has 1 nitrogen and oxygen atoms in total. The van der Waals surface area contributed by atoms with Crippen LogP contribution in [0.5, 0.6) is 0 Å². The lowest BCUT2D eigenvalue weighted by Gasteiger charge is -2.19. The Morgan fingerprint density at radius 3 is 2.35 bits per heavy atom. The second-order valence-electron chi connectivity index (χ2n) is 4.76. The molecule has 0 saturated carbocycles. The Morgan fingerprint density at radius 1 is 1.15 bits per heavy atom. The van der Waals surface area contributed by atoms with Gasteiger partial charge in [-0.3, -0.25) is 0 Å². The van der Waals surface area contributed by atoms with E-state index in [9.17, 15) is 0 Å². The number of benzene rings is 1. The molecule has 0 saturated heterocycles. The van der Waals surface area contributed by atoms with Crippen LogP contribution >= 0.6 is 34.5 Å². The monoisotopic (exact) mass is 327 g/mol. The van der Waals surface area contributed by atoms with Gasteiger partial charge in [0.1, 0.15) is 0 Å². The van der Waals surface area contributed by atoms with Crippen LogP contribution in [0.15, 0.2) is 30.3 Å². The Balaban J connectivity index is 2.33. The predicted octanol–water partition coefficient (Wildman–Crippen LogP) is 5.71. The number of hydrogen-bond donors (Lipinski definition) is 1. The van der Waals surface area contributed by atoms with Gasteiger partial charge in [-0.25, -0.2) is 0 Å². The fourth-order valence-corrected chi connectivity index (χ4v) is 3.72.